The highest BCUT2D eigenvalue weighted by Crippen LogP contribution is 2.21. The summed E-state index contributed by atoms with van der Waals surface area (Å²) in [5, 5.41) is 10.1. The third-order valence-electron chi connectivity index (χ3n) is 5.65. The fraction of sp³-hybridized carbons (Fsp3) is 0.333. The van der Waals surface area contributed by atoms with E-state index in [2.05, 4.69) is 32.6 Å². The van der Waals surface area contributed by atoms with E-state index in [1.807, 2.05) is 30.3 Å². The van der Waals surface area contributed by atoms with Gasteiger partial charge in [0.2, 0.25) is 5.91 Å². The SMILES string of the molecule is O=C(NCCCc1ccccc1)[C@H]1CCCN(C(=O)c2cc(-c3ccncc3)n[nH]2)C1. The molecule has 0 radical (unpaired) electrons. The highest BCUT2D eigenvalue weighted by molar-refractivity contribution is 5.94. The van der Waals surface area contributed by atoms with E-state index in [0.717, 1.165) is 31.2 Å². The van der Waals surface area contributed by atoms with Crippen molar-refractivity contribution in [3.63, 3.8) is 0 Å². The quantitative estimate of drug-likeness (QED) is 0.578. The fourth-order valence-corrected chi connectivity index (χ4v) is 3.94. The number of nitrogens with one attached hydrogen (secondary N) is 2. The number of carbonyl (C=O) groups is 2. The smallest absolute Gasteiger partial charge is 0.271 e. The second-order valence-corrected chi connectivity index (χ2v) is 7.87. The van der Waals surface area contributed by atoms with Gasteiger partial charge in [-0.15, -0.1) is 0 Å². The van der Waals surface area contributed by atoms with Gasteiger partial charge in [-0.1, -0.05) is 30.3 Å². The topological polar surface area (TPSA) is 91.0 Å². The predicted molar refractivity (Wildman–Crippen MR) is 118 cm³/mol. The monoisotopic (exact) mass is 417 g/mol. The molecule has 3 heterocycles. The lowest BCUT2D eigenvalue weighted by Gasteiger charge is -2.31. The first-order chi connectivity index (χ1) is 15.2. The van der Waals surface area contributed by atoms with Gasteiger partial charge in [-0.3, -0.25) is 19.7 Å². The van der Waals surface area contributed by atoms with Crippen LogP contribution in [-0.2, 0) is 11.2 Å². The van der Waals surface area contributed by atoms with E-state index < -0.39 is 0 Å². The van der Waals surface area contributed by atoms with E-state index in [1.54, 1.807) is 23.4 Å². The van der Waals surface area contributed by atoms with Crippen LogP contribution in [0, 0.1) is 5.92 Å². The van der Waals surface area contributed by atoms with E-state index in [1.165, 1.54) is 5.56 Å². The van der Waals surface area contributed by atoms with Gasteiger partial charge in [0, 0.05) is 37.6 Å². The number of piperidine rings is 1. The predicted octanol–water partition coefficient (Wildman–Crippen LogP) is 3.07. The summed E-state index contributed by atoms with van der Waals surface area (Å²) >= 11 is 0. The maximum Gasteiger partial charge on any atom is 0.271 e. The molecule has 1 atom stereocenters. The molecule has 2 N–H and O–H groups in total. The van der Waals surface area contributed by atoms with E-state index in [4.69, 9.17) is 0 Å². The van der Waals surface area contributed by atoms with Gasteiger partial charge in [0.25, 0.3) is 5.91 Å². The summed E-state index contributed by atoms with van der Waals surface area (Å²) in [7, 11) is 0. The summed E-state index contributed by atoms with van der Waals surface area (Å²) in [5.41, 5.74) is 3.32. The van der Waals surface area contributed by atoms with Crippen LogP contribution in [0.25, 0.3) is 11.3 Å². The highest BCUT2D eigenvalue weighted by Gasteiger charge is 2.29. The van der Waals surface area contributed by atoms with Crippen LogP contribution in [0.1, 0.15) is 35.3 Å². The Kier molecular flexibility index (Phi) is 6.72. The van der Waals surface area contributed by atoms with Crippen LogP contribution in [0.5, 0.6) is 0 Å². The van der Waals surface area contributed by atoms with Gasteiger partial charge >= 0.3 is 0 Å². The van der Waals surface area contributed by atoms with Gasteiger partial charge in [-0.05, 0) is 49.4 Å². The number of aromatic amines is 1. The summed E-state index contributed by atoms with van der Waals surface area (Å²) in [4.78, 5) is 31.3. The van der Waals surface area contributed by atoms with Gasteiger partial charge in [0.15, 0.2) is 0 Å². The number of H-pyrrole nitrogens is 1. The number of likely N-dealkylation sites (tertiary alicyclic amines) is 1. The lowest BCUT2D eigenvalue weighted by molar-refractivity contribution is -0.126. The van der Waals surface area contributed by atoms with Crippen LogP contribution in [-0.4, -0.2) is 51.5 Å². The molecule has 1 aliphatic heterocycles. The molecule has 1 aromatic carbocycles. The summed E-state index contributed by atoms with van der Waals surface area (Å²) in [6.07, 6.45) is 6.85. The molecular weight excluding hydrogens is 390 g/mol. The Bertz CT molecular complexity index is 1000. The number of carbonyl (C=O) groups excluding carboxylic acids is 2. The van der Waals surface area contributed by atoms with Crippen LogP contribution in [0.4, 0.5) is 0 Å². The van der Waals surface area contributed by atoms with Crippen LogP contribution >= 0.6 is 0 Å². The van der Waals surface area contributed by atoms with Crippen molar-refractivity contribution in [3.05, 3.63) is 72.2 Å². The number of pyridine rings is 1. The standard InChI is InChI=1S/C24H27N5O2/c30-23(26-12-4-8-18-6-2-1-3-7-18)20-9-5-15-29(17-20)24(31)22-16-21(27-28-22)19-10-13-25-14-11-19/h1-3,6-7,10-11,13-14,16,20H,4-5,8-9,12,15,17H2,(H,26,30)(H,27,28)/t20-/m0/s1. The van der Waals surface area contributed by atoms with E-state index in [9.17, 15) is 9.59 Å². The number of nitrogens with zero attached hydrogens (tertiary/aromatic N) is 3. The molecule has 0 spiro atoms. The Balaban J connectivity index is 1.28. The third kappa shape index (κ3) is 5.36. The molecule has 2 aromatic heterocycles. The molecule has 7 heteroatoms. The second-order valence-electron chi connectivity index (χ2n) is 7.87. The Morgan fingerprint density at radius 2 is 1.94 bits per heavy atom. The zero-order valence-electron chi connectivity index (χ0n) is 17.5. The maximum atomic E-state index is 12.9. The molecule has 1 saturated heterocycles. The first-order valence-corrected chi connectivity index (χ1v) is 10.8. The van der Waals surface area contributed by atoms with Crippen molar-refractivity contribution in [2.45, 2.75) is 25.7 Å². The largest absolute Gasteiger partial charge is 0.356 e. The van der Waals surface area contributed by atoms with Crippen LogP contribution < -0.4 is 5.32 Å². The van der Waals surface area contributed by atoms with E-state index >= 15 is 0 Å². The first kappa shape index (κ1) is 20.8. The average Bonchev–Trinajstić information content (AvgIpc) is 3.33. The Labute approximate surface area is 181 Å². The third-order valence-corrected chi connectivity index (χ3v) is 5.65. The van der Waals surface area contributed by atoms with Crippen molar-refractivity contribution in [2.75, 3.05) is 19.6 Å². The van der Waals surface area contributed by atoms with Crippen molar-refractivity contribution in [3.8, 4) is 11.3 Å². The van der Waals surface area contributed by atoms with Gasteiger partial charge in [0.05, 0.1) is 11.6 Å². The number of rotatable bonds is 7. The van der Waals surface area contributed by atoms with Gasteiger partial charge < -0.3 is 10.2 Å². The molecule has 4 rings (SSSR count). The Morgan fingerprint density at radius 1 is 1.13 bits per heavy atom. The minimum Gasteiger partial charge on any atom is -0.356 e. The minimum absolute atomic E-state index is 0.0349. The normalized spacial score (nSPS) is 16.1. The Hall–Kier alpha value is -3.48. The highest BCUT2D eigenvalue weighted by atomic mass is 16.2. The molecule has 0 bridgehead atoms. The number of hydrogen-bond acceptors (Lipinski definition) is 4. The summed E-state index contributed by atoms with van der Waals surface area (Å²) in [6.45, 7) is 1.74. The molecule has 0 saturated carbocycles. The minimum atomic E-state index is -0.169. The number of benzene rings is 1. The zero-order valence-corrected chi connectivity index (χ0v) is 17.5. The van der Waals surface area contributed by atoms with Crippen molar-refractivity contribution in [1.82, 2.24) is 25.4 Å². The van der Waals surface area contributed by atoms with Crippen molar-refractivity contribution >= 4 is 11.8 Å². The number of aromatic nitrogens is 3. The van der Waals surface area contributed by atoms with Gasteiger partial charge in [-0.2, -0.15) is 5.10 Å². The summed E-state index contributed by atoms with van der Waals surface area (Å²) < 4.78 is 0. The van der Waals surface area contributed by atoms with Crippen LogP contribution in [0.3, 0.4) is 0 Å². The molecule has 2 amide bonds. The molecule has 160 valence electrons. The van der Waals surface area contributed by atoms with Gasteiger partial charge in [-0.25, -0.2) is 0 Å². The molecule has 0 unspecified atom stereocenters. The first-order valence-electron chi connectivity index (χ1n) is 10.8. The summed E-state index contributed by atoms with van der Waals surface area (Å²) in [6, 6.07) is 15.7. The molecule has 0 aliphatic carbocycles. The van der Waals surface area contributed by atoms with Crippen molar-refractivity contribution in [2.24, 2.45) is 5.92 Å². The average molecular weight is 418 g/mol. The van der Waals surface area contributed by atoms with Crippen molar-refractivity contribution in [1.29, 1.82) is 0 Å². The molecule has 7 nitrogen and oxygen atoms in total. The molecule has 31 heavy (non-hydrogen) atoms. The van der Waals surface area contributed by atoms with E-state index in [0.29, 0.717) is 31.0 Å². The number of amides is 2. The zero-order chi connectivity index (χ0) is 21.5. The van der Waals surface area contributed by atoms with Crippen LogP contribution in [0.15, 0.2) is 60.9 Å². The molecule has 1 fully saturated rings. The summed E-state index contributed by atoms with van der Waals surface area (Å²) in [5.74, 6) is -0.251. The lowest BCUT2D eigenvalue weighted by Crippen LogP contribution is -2.45. The van der Waals surface area contributed by atoms with E-state index in [-0.39, 0.29) is 17.7 Å². The molecule has 1 aliphatic rings. The second kappa shape index (κ2) is 10.0. The number of aryl methyl sites for hydroxylation is 1. The lowest BCUT2D eigenvalue weighted by atomic mass is 9.96. The molecular formula is C24H27N5O2. The number of hydrogen-bond donors (Lipinski definition) is 2. The van der Waals surface area contributed by atoms with Crippen LogP contribution in [0.2, 0.25) is 0 Å². The van der Waals surface area contributed by atoms with Crippen molar-refractivity contribution < 1.29 is 9.59 Å². The molecule has 3 aromatic rings. The fourth-order valence-electron chi connectivity index (χ4n) is 3.94. The van der Waals surface area contributed by atoms with Gasteiger partial charge in [0.1, 0.15) is 5.69 Å². The Morgan fingerprint density at radius 3 is 2.74 bits per heavy atom. The maximum absolute atomic E-state index is 12.9.